The molecule has 0 fully saturated rings. The summed E-state index contributed by atoms with van der Waals surface area (Å²) in [6.07, 6.45) is 2.27. The van der Waals surface area contributed by atoms with Crippen LogP contribution >= 0.6 is 0 Å². The minimum atomic E-state index is 0.611. The predicted molar refractivity (Wildman–Crippen MR) is 65.5 cm³/mol. The lowest BCUT2D eigenvalue weighted by Crippen LogP contribution is -2.32. The molecule has 0 atom stereocenters. The Morgan fingerprint density at radius 3 is 2.44 bits per heavy atom. The standard InChI is InChI=1S/C11H21N5/c1-4-5-7-16(8-6-12)11-13-9(2)10(3)14-15-11/h4-8,12H2,1-3H3. The molecule has 0 radical (unpaired) electrons. The first-order chi connectivity index (χ1) is 7.69. The van der Waals surface area contributed by atoms with Crippen LogP contribution in [0.5, 0.6) is 0 Å². The fourth-order valence-electron chi connectivity index (χ4n) is 1.40. The second kappa shape index (κ2) is 6.37. The summed E-state index contributed by atoms with van der Waals surface area (Å²) in [5, 5.41) is 8.22. The van der Waals surface area contributed by atoms with E-state index in [-0.39, 0.29) is 0 Å². The van der Waals surface area contributed by atoms with E-state index in [1.54, 1.807) is 0 Å². The van der Waals surface area contributed by atoms with Crippen molar-refractivity contribution in [2.45, 2.75) is 33.6 Å². The molecule has 1 rings (SSSR count). The second-order valence-corrected chi connectivity index (χ2v) is 3.91. The van der Waals surface area contributed by atoms with E-state index in [1.807, 2.05) is 13.8 Å². The summed E-state index contributed by atoms with van der Waals surface area (Å²) in [4.78, 5) is 6.54. The molecule has 0 spiro atoms. The molecule has 5 heteroatoms. The van der Waals surface area contributed by atoms with Gasteiger partial charge in [0, 0.05) is 19.6 Å². The van der Waals surface area contributed by atoms with Crippen molar-refractivity contribution in [2.24, 2.45) is 5.73 Å². The number of aryl methyl sites for hydroxylation is 2. The molecule has 0 aliphatic heterocycles. The van der Waals surface area contributed by atoms with Crippen molar-refractivity contribution in [1.29, 1.82) is 0 Å². The molecule has 16 heavy (non-hydrogen) atoms. The van der Waals surface area contributed by atoms with Gasteiger partial charge in [0.1, 0.15) is 0 Å². The smallest absolute Gasteiger partial charge is 0.245 e. The molecule has 2 N–H and O–H groups in total. The van der Waals surface area contributed by atoms with Gasteiger partial charge in [-0.1, -0.05) is 13.3 Å². The average Bonchev–Trinajstić information content (AvgIpc) is 2.28. The van der Waals surface area contributed by atoms with Crippen molar-refractivity contribution >= 4 is 5.95 Å². The van der Waals surface area contributed by atoms with Crippen LogP contribution in [-0.2, 0) is 0 Å². The first-order valence-corrected chi connectivity index (χ1v) is 5.82. The average molecular weight is 223 g/mol. The highest BCUT2D eigenvalue weighted by Crippen LogP contribution is 2.08. The van der Waals surface area contributed by atoms with Crippen LogP contribution in [0.2, 0.25) is 0 Å². The third-order valence-corrected chi connectivity index (χ3v) is 2.54. The van der Waals surface area contributed by atoms with E-state index < -0.39 is 0 Å². The fraction of sp³-hybridized carbons (Fsp3) is 0.727. The number of anilines is 1. The quantitative estimate of drug-likeness (QED) is 0.781. The Morgan fingerprint density at radius 1 is 1.12 bits per heavy atom. The molecule has 0 bridgehead atoms. The minimum Gasteiger partial charge on any atom is -0.338 e. The van der Waals surface area contributed by atoms with Gasteiger partial charge in [-0.2, -0.15) is 5.10 Å². The van der Waals surface area contributed by atoms with Gasteiger partial charge in [0.2, 0.25) is 5.95 Å². The fourth-order valence-corrected chi connectivity index (χ4v) is 1.40. The summed E-state index contributed by atoms with van der Waals surface area (Å²) in [6, 6.07) is 0. The van der Waals surface area contributed by atoms with E-state index in [4.69, 9.17) is 5.73 Å². The molecule has 5 nitrogen and oxygen atoms in total. The molecule has 1 aromatic rings. The third kappa shape index (κ3) is 3.41. The number of unbranched alkanes of at least 4 members (excludes halogenated alkanes) is 1. The summed E-state index contributed by atoms with van der Waals surface area (Å²) in [6.45, 7) is 8.37. The summed E-state index contributed by atoms with van der Waals surface area (Å²) < 4.78 is 0. The lowest BCUT2D eigenvalue weighted by molar-refractivity contribution is 0.684. The van der Waals surface area contributed by atoms with Crippen LogP contribution in [0.25, 0.3) is 0 Å². The Labute approximate surface area is 97.1 Å². The van der Waals surface area contributed by atoms with E-state index in [2.05, 4.69) is 27.0 Å². The van der Waals surface area contributed by atoms with Crippen LogP contribution in [0, 0.1) is 13.8 Å². The van der Waals surface area contributed by atoms with Crippen molar-refractivity contribution in [3.05, 3.63) is 11.4 Å². The van der Waals surface area contributed by atoms with Crippen molar-refractivity contribution in [3.8, 4) is 0 Å². The van der Waals surface area contributed by atoms with E-state index in [9.17, 15) is 0 Å². The lowest BCUT2D eigenvalue weighted by atomic mass is 10.3. The molecule has 0 amide bonds. The van der Waals surface area contributed by atoms with Crippen molar-refractivity contribution in [1.82, 2.24) is 15.2 Å². The molecule has 1 aromatic heterocycles. The van der Waals surface area contributed by atoms with Gasteiger partial charge >= 0.3 is 0 Å². The van der Waals surface area contributed by atoms with Crippen molar-refractivity contribution in [3.63, 3.8) is 0 Å². The van der Waals surface area contributed by atoms with E-state index in [1.165, 1.54) is 0 Å². The monoisotopic (exact) mass is 223 g/mol. The minimum absolute atomic E-state index is 0.611. The Balaban J connectivity index is 2.78. The molecule has 0 aliphatic carbocycles. The lowest BCUT2D eigenvalue weighted by Gasteiger charge is -2.21. The van der Waals surface area contributed by atoms with Crippen molar-refractivity contribution < 1.29 is 0 Å². The number of rotatable bonds is 6. The summed E-state index contributed by atoms with van der Waals surface area (Å²) in [5.41, 5.74) is 7.40. The van der Waals surface area contributed by atoms with Crippen LogP contribution in [-0.4, -0.2) is 34.8 Å². The van der Waals surface area contributed by atoms with E-state index >= 15 is 0 Å². The van der Waals surface area contributed by atoms with Gasteiger partial charge in [-0.15, -0.1) is 5.10 Å². The molecule has 0 unspecified atom stereocenters. The Kier molecular flexibility index (Phi) is 5.11. The zero-order valence-electron chi connectivity index (χ0n) is 10.4. The van der Waals surface area contributed by atoms with Gasteiger partial charge in [0.05, 0.1) is 11.4 Å². The van der Waals surface area contributed by atoms with Gasteiger partial charge in [0.25, 0.3) is 0 Å². The summed E-state index contributed by atoms with van der Waals surface area (Å²) in [5.74, 6) is 0.696. The SMILES string of the molecule is CCCCN(CCN)c1nnc(C)c(C)n1. The maximum atomic E-state index is 5.59. The number of nitrogens with zero attached hydrogens (tertiary/aromatic N) is 4. The molecule has 0 saturated heterocycles. The number of aromatic nitrogens is 3. The number of hydrogen-bond donors (Lipinski definition) is 1. The first-order valence-electron chi connectivity index (χ1n) is 5.82. The second-order valence-electron chi connectivity index (χ2n) is 3.91. The van der Waals surface area contributed by atoms with E-state index in [0.29, 0.717) is 12.5 Å². The Bertz CT molecular complexity index is 326. The van der Waals surface area contributed by atoms with Gasteiger partial charge < -0.3 is 10.6 Å². The van der Waals surface area contributed by atoms with Crippen LogP contribution in [0.1, 0.15) is 31.2 Å². The summed E-state index contributed by atoms with van der Waals surface area (Å²) in [7, 11) is 0. The van der Waals surface area contributed by atoms with Gasteiger partial charge in [-0.3, -0.25) is 0 Å². The van der Waals surface area contributed by atoms with Gasteiger partial charge in [-0.05, 0) is 20.3 Å². The van der Waals surface area contributed by atoms with Crippen LogP contribution < -0.4 is 10.6 Å². The van der Waals surface area contributed by atoms with Crippen molar-refractivity contribution in [2.75, 3.05) is 24.5 Å². The van der Waals surface area contributed by atoms with Gasteiger partial charge in [0.15, 0.2) is 0 Å². The zero-order chi connectivity index (χ0) is 12.0. The first kappa shape index (κ1) is 12.8. The molecular weight excluding hydrogens is 202 g/mol. The molecular formula is C11H21N5. The highest BCUT2D eigenvalue weighted by atomic mass is 15.3. The Morgan fingerprint density at radius 2 is 1.88 bits per heavy atom. The maximum absolute atomic E-state index is 5.59. The topological polar surface area (TPSA) is 67.9 Å². The number of hydrogen-bond acceptors (Lipinski definition) is 5. The molecule has 0 aromatic carbocycles. The largest absolute Gasteiger partial charge is 0.338 e. The predicted octanol–water partition coefficient (Wildman–Crippen LogP) is 1.05. The molecule has 0 aliphatic rings. The molecule has 1 heterocycles. The molecule has 0 saturated carbocycles. The number of nitrogens with two attached hydrogens (primary N) is 1. The highest BCUT2D eigenvalue weighted by molar-refractivity contribution is 5.29. The third-order valence-electron chi connectivity index (χ3n) is 2.54. The Hall–Kier alpha value is -1.23. The van der Waals surface area contributed by atoms with Crippen LogP contribution in [0.4, 0.5) is 5.95 Å². The maximum Gasteiger partial charge on any atom is 0.245 e. The summed E-state index contributed by atoms with van der Waals surface area (Å²) >= 11 is 0. The zero-order valence-corrected chi connectivity index (χ0v) is 10.4. The molecule has 90 valence electrons. The normalized spacial score (nSPS) is 10.5. The van der Waals surface area contributed by atoms with E-state index in [0.717, 1.165) is 37.3 Å². The highest BCUT2D eigenvalue weighted by Gasteiger charge is 2.09. The van der Waals surface area contributed by atoms with Crippen LogP contribution in [0.15, 0.2) is 0 Å². The van der Waals surface area contributed by atoms with Crippen LogP contribution in [0.3, 0.4) is 0 Å². The van der Waals surface area contributed by atoms with Gasteiger partial charge in [-0.25, -0.2) is 4.98 Å².